The summed E-state index contributed by atoms with van der Waals surface area (Å²) < 4.78 is 38.9. The summed E-state index contributed by atoms with van der Waals surface area (Å²) in [6.45, 7) is 0.677. The van der Waals surface area contributed by atoms with Crippen molar-refractivity contribution < 1.29 is 22.9 Å². The van der Waals surface area contributed by atoms with Crippen molar-refractivity contribution >= 4 is 28.9 Å². The molecule has 1 aromatic carbocycles. The maximum absolute atomic E-state index is 13.0. The fourth-order valence-corrected chi connectivity index (χ4v) is 3.36. The molecule has 1 N–H and O–H groups in total. The second-order valence-electron chi connectivity index (χ2n) is 6.62. The number of nitrogens with zero attached hydrogens (tertiary/aromatic N) is 2. The molecule has 0 unspecified atom stereocenters. The number of rotatable bonds is 4. The summed E-state index contributed by atoms with van der Waals surface area (Å²) in [6.07, 6.45) is -1.83. The van der Waals surface area contributed by atoms with Gasteiger partial charge in [-0.1, -0.05) is 11.6 Å². The van der Waals surface area contributed by atoms with Crippen molar-refractivity contribution in [2.24, 2.45) is 5.92 Å². The summed E-state index contributed by atoms with van der Waals surface area (Å²) in [5.41, 5.74) is -1.81. The van der Waals surface area contributed by atoms with E-state index in [2.05, 4.69) is 5.32 Å². The van der Waals surface area contributed by atoms with Crippen LogP contribution in [0.25, 0.3) is 0 Å². The summed E-state index contributed by atoms with van der Waals surface area (Å²) >= 11 is 5.72. The molecule has 0 radical (unpaired) electrons. The molecular weight excluding hydrogens is 375 g/mol. The summed E-state index contributed by atoms with van der Waals surface area (Å²) in [6, 6.07) is 1.73. The Morgan fingerprint density at radius 3 is 2.35 bits per heavy atom. The fraction of sp³-hybridized carbons (Fsp3) is 0.562. The second kappa shape index (κ2) is 6.94. The van der Waals surface area contributed by atoms with E-state index in [9.17, 15) is 28.1 Å². The maximum atomic E-state index is 13.0. The minimum atomic E-state index is -4.77. The van der Waals surface area contributed by atoms with Gasteiger partial charge in [-0.25, -0.2) is 0 Å². The van der Waals surface area contributed by atoms with Gasteiger partial charge in [-0.2, -0.15) is 13.2 Å². The van der Waals surface area contributed by atoms with E-state index in [0.717, 1.165) is 18.9 Å². The average Bonchev–Trinajstić information content (AvgIpc) is 3.37. The molecule has 1 heterocycles. The maximum Gasteiger partial charge on any atom is 0.418 e. The van der Waals surface area contributed by atoms with Gasteiger partial charge in [0.15, 0.2) is 0 Å². The smallest absolute Gasteiger partial charge is 0.366 e. The first-order valence-electron chi connectivity index (χ1n) is 8.27. The third-order valence-electron chi connectivity index (χ3n) is 4.70. The number of alkyl halides is 3. The van der Waals surface area contributed by atoms with E-state index in [1.54, 1.807) is 4.90 Å². The van der Waals surface area contributed by atoms with E-state index >= 15 is 0 Å². The highest BCUT2D eigenvalue weighted by molar-refractivity contribution is 6.31. The van der Waals surface area contributed by atoms with E-state index in [4.69, 9.17) is 11.6 Å². The first-order valence-corrected chi connectivity index (χ1v) is 8.65. The Balaban J connectivity index is 1.77. The number of amides is 1. The van der Waals surface area contributed by atoms with Crippen molar-refractivity contribution in [3.05, 3.63) is 32.8 Å². The van der Waals surface area contributed by atoms with Crippen LogP contribution in [0.4, 0.5) is 24.5 Å². The number of hydrogen-bond acceptors (Lipinski definition) is 4. The lowest BCUT2D eigenvalue weighted by molar-refractivity contribution is -0.384. The lowest BCUT2D eigenvalue weighted by Crippen LogP contribution is -2.41. The largest absolute Gasteiger partial charge is 0.418 e. The van der Waals surface area contributed by atoms with E-state index in [-0.39, 0.29) is 23.6 Å². The molecule has 0 spiro atoms. The van der Waals surface area contributed by atoms with Crippen LogP contribution in [-0.2, 0) is 11.0 Å². The molecule has 1 saturated heterocycles. The van der Waals surface area contributed by atoms with Crippen LogP contribution in [0.15, 0.2) is 12.1 Å². The van der Waals surface area contributed by atoms with Crippen molar-refractivity contribution in [3.8, 4) is 0 Å². The van der Waals surface area contributed by atoms with E-state index in [1.807, 2.05) is 0 Å². The van der Waals surface area contributed by atoms with Gasteiger partial charge in [0.2, 0.25) is 5.91 Å². The van der Waals surface area contributed by atoms with Gasteiger partial charge in [-0.05, 0) is 31.7 Å². The van der Waals surface area contributed by atoms with E-state index < -0.39 is 27.4 Å². The molecule has 6 nitrogen and oxygen atoms in total. The van der Waals surface area contributed by atoms with Gasteiger partial charge in [0, 0.05) is 31.1 Å². The van der Waals surface area contributed by atoms with Crippen LogP contribution >= 0.6 is 11.6 Å². The van der Waals surface area contributed by atoms with Gasteiger partial charge >= 0.3 is 6.18 Å². The Morgan fingerprint density at radius 2 is 1.85 bits per heavy atom. The highest BCUT2D eigenvalue weighted by Crippen LogP contribution is 2.42. The van der Waals surface area contributed by atoms with Crippen molar-refractivity contribution in [2.45, 2.75) is 37.9 Å². The Morgan fingerprint density at radius 1 is 1.23 bits per heavy atom. The Hall–Kier alpha value is -2.03. The Kier molecular flexibility index (Phi) is 5.01. The molecule has 10 heteroatoms. The zero-order valence-corrected chi connectivity index (χ0v) is 14.4. The zero-order valence-electron chi connectivity index (χ0n) is 13.7. The number of halogens is 4. The first kappa shape index (κ1) is 18.8. The summed E-state index contributed by atoms with van der Waals surface area (Å²) in [5.74, 6) is -0.206. The third kappa shape index (κ3) is 4.03. The number of nitrogens with one attached hydrogen (secondary N) is 1. The molecule has 1 saturated carbocycles. The second-order valence-corrected chi connectivity index (χ2v) is 7.03. The number of hydrogen-bond donors (Lipinski definition) is 1. The van der Waals surface area contributed by atoms with Gasteiger partial charge in [0.05, 0.1) is 15.5 Å². The van der Waals surface area contributed by atoms with Gasteiger partial charge in [-0.3, -0.25) is 14.9 Å². The number of benzene rings is 1. The molecule has 2 fully saturated rings. The van der Waals surface area contributed by atoms with Gasteiger partial charge in [0.25, 0.3) is 5.69 Å². The molecular formula is C16H17ClF3N3O3. The number of nitro benzene ring substituents is 1. The topological polar surface area (TPSA) is 75.5 Å². The van der Waals surface area contributed by atoms with Gasteiger partial charge in [-0.15, -0.1) is 0 Å². The minimum Gasteiger partial charge on any atom is -0.366 e. The molecule has 1 aromatic rings. The Bertz CT molecular complexity index is 729. The third-order valence-corrected chi connectivity index (χ3v) is 5.01. The lowest BCUT2D eigenvalue weighted by atomic mass is 9.95. The van der Waals surface area contributed by atoms with Crippen LogP contribution in [0, 0.1) is 16.0 Å². The predicted molar refractivity (Wildman–Crippen MR) is 89.2 cm³/mol. The van der Waals surface area contributed by atoms with Crippen LogP contribution in [-0.4, -0.2) is 30.0 Å². The number of piperidine rings is 1. The molecule has 1 amide bonds. The molecule has 3 rings (SSSR count). The molecule has 26 heavy (non-hydrogen) atoms. The van der Waals surface area contributed by atoms with Crippen molar-refractivity contribution in [1.82, 2.24) is 5.32 Å². The van der Waals surface area contributed by atoms with Gasteiger partial charge < -0.3 is 10.2 Å². The average molecular weight is 392 g/mol. The van der Waals surface area contributed by atoms with Crippen LogP contribution in [0.1, 0.15) is 31.2 Å². The standard InChI is InChI=1S/C16H17ClF3N3O3/c17-12-8-13(14(23(25)26)7-11(12)16(18,19)20)22-5-3-9(4-6-22)15(24)21-10-1-2-10/h7-10H,1-6H2,(H,21,24). The quantitative estimate of drug-likeness (QED) is 0.626. The minimum absolute atomic E-state index is 0.0212. The van der Waals surface area contributed by atoms with Crippen LogP contribution in [0.3, 0.4) is 0 Å². The molecule has 0 atom stereocenters. The summed E-state index contributed by atoms with van der Waals surface area (Å²) in [4.78, 5) is 24.1. The summed E-state index contributed by atoms with van der Waals surface area (Å²) in [7, 11) is 0. The van der Waals surface area contributed by atoms with E-state index in [0.29, 0.717) is 32.0 Å². The van der Waals surface area contributed by atoms with Crippen molar-refractivity contribution in [2.75, 3.05) is 18.0 Å². The molecule has 1 aliphatic carbocycles. The molecule has 2 aliphatic rings. The fourth-order valence-electron chi connectivity index (χ4n) is 3.10. The molecule has 142 valence electrons. The van der Waals surface area contributed by atoms with Crippen LogP contribution < -0.4 is 10.2 Å². The van der Waals surface area contributed by atoms with Gasteiger partial charge in [0.1, 0.15) is 5.69 Å². The zero-order chi connectivity index (χ0) is 19.1. The van der Waals surface area contributed by atoms with Crippen molar-refractivity contribution in [1.29, 1.82) is 0 Å². The highest BCUT2D eigenvalue weighted by Gasteiger charge is 2.38. The van der Waals surface area contributed by atoms with Crippen molar-refractivity contribution in [3.63, 3.8) is 0 Å². The van der Waals surface area contributed by atoms with Crippen LogP contribution in [0.2, 0.25) is 5.02 Å². The SMILES string of the molecule is O=C(NC1CC1)C1CCN(c2cc(Cl)c(C(F)(F)F)cc2[N+](=O)[O-])CC1. The predicted octanol–water partition coefficient (Wildman–Crippen LogP) is 3.76. The number of nitro groups is 1. The van der Waals surface area contributed by atoms with E-state index in [1.165, 1.54) is 0 Å². The lowest BCUT2D eigenvalue weighted by Gasteiger charge is -2.33. The first-order chi connectivity index (χ1) is 12.2. The molecule has 0 bridgehead atoms. The molecule has 0 aromatic heterocycles. The number of anilines is 1. The monoisotopic (exact) mass is 391 g/mol. The normalized spacial score (nSPS) is 18.7. The Labute approximate surface area is 152 Å². The molecule has 1 aliphatic heterocycles. The summed E-state index contributed by atoms with van der Waals surface area (Å²) in [5, 5.41) is 13.6. The number of carbonyl (C=O) groups excluding carboxylic acids is 1. The number of carbonyl (C=O) groups is 1. The van der Waals surface area contributed by atoms with Crippen LogP contribution in [0.5, 0.6) is 0 Å². The highest BCUT2D eigenvalue weighted by atomic mass is 35.5.